The van der Waals surface area contributed by atoms with Crippen molar-refractivity contribution in [1.82, 2.24) is 35.0 Å². The molecule has 0 saturated carbocycles. The van der Waals surface area contributed by atoms with Crippen molar-refractivity contribution in [3.8, 4) is 16.9 Å². The number of pyridine rings is 1. The van der Waals surface area contributed by atoms with Gasteiger partial charge in [-0.1, -0.05) is 30.3 Å². The second kappa shape index (κ2) is 8.91. The first kappa shape index (κ1) is 21.4. The minimum atomic E-state index is -0.258. The molecule has 1 N–H and O–H groups in total. The monoisotopic (exact) mass is 476 g/mol. The van der Waals surface area contributed by atoms with Crippen molar-refractivity contribution in [1.29, 1.82) is 0 Å². The van der Waals surface area contributed by atoms with Crippen molar-refractivity contribution in [2.45, 2.75) is 13.5 Å². The Morgan fingerprint density at radius 1 is 1.06 bits per heavy atom. The zero-order chi connectivity index (χ0) is 24.5. The lowest BCUT2D eigenvalue weighted by molar-refractivity contribution is 0.102. The van der Waals surface area contributed by atoms with Gasteiger partial charge in [0.2, 0.25) is 0 Å². The van der Waals surface area contributed by atoms with E-state index in [0.29, 0.717) is 34.5 Å². The van der Waals surface area contributed by atoms with Gasteiger partial charge >= 0.3 is 0 Å². The van der Waals surface area contributed by atoms with Crippen molar-refractivity contribution in [2.75, 3.05) is 5.32 Å². The molecule has 0 radical (unpaired) electrons. The Bertz CT molecular complexity index is 1660. The highest BCUT2D eigenvalue weighted by atomic mass is 16.3. The Morgan fingerprint density at radius 3 is 2.69 bits per heavy atom. The van der Waals surface area contributed by atoms with E-state index in [4.69, 9.17) is 9.40 Å². The second-order valence-corrected chi connectivity index (χ2v) is 8.25. The number of hydrogen-bond donors (Lipinski definition) is 1. The second-order valence-electron chi connectivity index (χ2n) is 8.25. The van der Waals surface area contributed by atoms with Crippen LogP contribution in [0.3, 0.4) is 0 Å². The molecule has 0 bridgehead atoms. The van der Waals surface area contributed by atoms with Gasteiger partial charge in [-0.2, -0.15) is 5.10 Å². The fourth-order valence-electron chi connectivity index (χ4n) is 4.12. The average Bonchev–Trinajstić information content (AvgIpc) is 3.68. The molecule has 0 fully saturated rings. The van der Waals surface area contributed by atoms with Crippen LogP contribution in [0.25, 0.3) is 28.0 Å². The standard InChI is InChI=1S/C26H20N8O2/c1-17-12-19(9-10-24(17)34-16-27-31-32-34)29-26(35)21-13-23(18-6-3-2-4-7-18)30-25-22(21)14-28-33(25)15-20-8-5-11-36-20/h2-14,16H,15H2,1H3,(H,29,35). The third kappa shape index (κ3) is 4.00. The SMILES string of the molecule is Cc1cc(NC(=O)c2cc(-c3ccccc3)nc3c2cnn3Cc2ccco2)ccc1-n1cnnn1. The number of carbonyl (C=O) groups excluding carboxylic acids is 1. The normalized spacial score (nSPS) is 11.1. The number of carbonyl (C=O) groups is 1. The highest BCUT2D eigenvalue weighted by Crippen LogP contribution is 2.27. The fourth-order valence-corrected chi connectivity index (χ4v) is 4.12. The van der Waals surface area contributed by atoms with E-state index in [2.05, 4.69) is 25.9 Å². The molecule has 10 nitrogen and oxygen atoms in total. The predicted octanol–water partition coefficient (Wildman–Crippen LogP) is 4.28. The maximum absolute atomic E-state index is 13.5. The first-order chi connectivity index (χ1) is 17.7. The summed E-state index contributed by atoms with van der Waals surface area (Å²) in [7, 11) is 0. The largest absolute Gasteiger partial charge is 0.467 e. The number of fused-ring (bicyclic) bond motifs is 1. The summed E-state index contributed by atoms with van der Waals surface area (Å²) in [5.74, 6) is 0.489. The number of benzene rings is 2. The molecule has 10 heteroatoms. The van der Waals surface area contributed by atoms with Gasteiger partial charge in [0.05, 0.1) is 34.8 Å². The topological polar surface area (TPSA) is 117 Å². The predicted molar refractivity (Wildman–Crippen MR) is 133 cm³/mol. The highest BCUT2D eigenvalue weighted by Gasteiger charge is 2.19. The van der Waals surface area contributed by atoms with Gasteiger partial charge < -0.3 is 9.73 Å². The van der Waals surface area contributed by atoms with Gasteiger partial charge in [-0.05, 0) is 59.3 Å². The number of aryl methyl sites for hydroxylation is 1. The Balaban J connectivity index is 1.39. The van der Waals surface area contributed by atoms with Crippen LogP contribution in [0.1, 0.15) is 21.7 Å². The van der Waals surface area contributed by atoms with E-state index in [1.54, 1.807) is 27.9 Å². The lowest BCUT2D eigenvalue weighted by Crippen LogP contribution is -2.13. The third-order valence-corrected chi connectivity index (χ3v) is 5.86. The molecule has 0 unspecified atom stereocenters. The summed E-state index contributed by atoms with van der Waals surface area (Å²) in [5, 5.41) is 19.5. The van der Waals surface area contributed by atoms with Crippen LogP contribution in [0.5, 0.6) is 0 Å². The number of nitrogens with zero attached hydrogens (tertiary/aromatic N) is 7. The van der Waals surface area contributed by atoms with Crippen LogP contribution >= 0.6 is 0 Å². The van der Waals surface area contributed by atoms with Gasteiger partial charge in [-0.15, -0.1) is 5.10 Å². The van der Waals surface area contributed by atoms with Crippen molar-refractivity contribution in [2.24, 2.45) is 0 Å². The summed E-state index contributed by atoms with van der Waals surface area (Å²) in [6.45, 7) is 2.34. The maximum Gasteiger partial charge on any atom is 0.256 e. The lowest BCUT2D eigenvalue weighted by atomic mass is 10.1. The first-order valence-corrected chi connectivity index (χ1v) is 11.3. The highest BCUT2D eigenvalue weighted by molar-refractivity contribution is 6.12. The van der Waals surface area contributed by atoms with E-state index < -0.39 is 0 Å². The molecule has 0 saturated heterocycles. The van der Waals surface area contributed by atoms with E-state index in [-0.39, 0.29) is 5.91 Å². The zero-order valence-corrected chi connectivity index (χ0v) is 19.2. The Kier molecular flexibility index (Phi) is 5.30. The van der Waals surface area contributed by atoms with Crippen molar-refractivity contribution in [3.05, 3.63) is 102 Å². The van der Waals surface area contributed by atoms with Crippen LogP contribution in [0.4, 0.5) is 5.69 Å². The molecule has 36 heavy (non-hydrogen) atoms. The number of hydrogen-bond acceptors (Lipinski definition) is 7. The molecule has 6 rings (SSSR count). The van der Waals surface area contributed by atoms with Gasteiger partial charge in [0.1, 0.15) is 18.6 Å². The van der Waals surface area contributed by atoms with Crippen LogP contribution in [0, 0.1) is 6.92 Å². The van der Waals surface area contributed by atoms with Gasteiger partial charge in [0, 0.05) is 11.3 Å². The number of anilines is 1. The quantitative estimate of drug-likeness (QED) is 0.381. The van der Waals surface area contributed by atoms with E-state index in [0.717, 1.165) is 22.6 Å². The smallest absolute Gasteiger partial charge is 0.256 e. The van der Waals surface area contributed by atoms with Crippen LogP contribution in [-0.4, -0.2) is 40.9 Å². The van der Waals surface area contributed by atoms with E-state index >= 15 is 0 Å². The first-order valence-electron chi connectivity index (χ1n) is 11.3. The minimum Gasteiger partial charge on any atom is -0.467 e. The van der Waals surface area contributed by atoms with E-state index in [1.807, 2.05) is 67.6 Å². The molecule has 2 aromatic carbocycles. The van der Waals surface area contributed by atoms with Gasteiger partial charge in [0.15, 0.2) is 5.65 Å². The number of amides is 1. The van der Waals surface area contributed by atoms with Gasteiger partial charge in [0.25, 0.3) is 5.91 Å². The Hall–Kier alpha value is -5.12. The fraction of sp³-hybridized carbons (Fsp3) is 0.0769. The molecule has 0 aliphatic carbocycles. The molecule has 0 aliphatic heterocycles. The summed E-state index contributed by atoms with van der Waals surface area (Å²) < 4.78 is 8.81. The summed E-state index contributed by atoms with van der Waals surface area (Å²) in [4.78, 5) is 18.4. The number of furan rings is 1. The summed E-state index contributed by atoms with van der Waals surface area (Å²) in [5.41, 5.74) is 5.06. The van der Waals surface area contributed by atoms with Crippen molar-refractivity contribution >= 4 is 22.6 Å². The van der Waals surface area contributed by atoms with Gasteiger partial charge in [-0.3, -0.25) is 4.79 Å². The summed E-state index contributed by atoms with van der Waals surface area (Å²) in [6.07, 6.45) is 4.82. The lowest BCUT2D eigenvalue weighted by Gasteiger charge is -2.11. The molecule has 6 aromatic rings. The molecule has 176 valence electrons. The third-order valence-electron chi connectivity index (χ3n) is 5.86. The van der Waals surface area contributed by atoms with E-state index in [1.165, 1.54) is 6.33 Å². The Morgan fingerprint density at radius 2 is 1.94 bits per heavy atom. The number of tetrazole rings is 1. The summed E-state index contributed by atoms with van der Waals surface area (Å²) in [6, 6.07) is 20.8. The Labute approximate surface area is 205 Å². The van der Waals surface area contributed by atoms with Crippen LogP contribution in [0.15, 0.2) is 89.9 Å². The van der Waals surface area contributed by atoms with Crippen LogP contribution in [-0.2, 0) is 6.54 Å². The van der Waals surface area contributed by atoms with E-state index in [9.17, 15) is 4.79 Å². The summed E-state index contributed by atoms with van der Waals surface area (Å²) >= 11 is 0. The minimum absolute atomic E-state index is 0.258. The molecule has 0 atom stereocenters. The van der Waals surface area contributed by atoms with Crippen LogP contribution < -0.4 is 5.32 Å². The molecule has 1 amide bonds. The average molecular weight is 477 g/mol. The number of rotatable bonds is 6. The molecular formula is C26H20N8O2. The molecule has 0 aliphatic rings. The van der Waals surface area contributed by atoms with Crippen LogP contribution in [0.2, 0.25) is 0 Å². The zero-order valence-electron chi connectivity index (χ0n) is 19.2. The molecular weight excluding hydrogens is 456 g/mol. The van der Waals surface area contributed by atoms with Gasteiger partial charge in [-0.25, -0.2) is 14.3 Å². The maximum atomic E-state index is 13.5. The molecule has 4 heterocycles. The molecule has 0 spiro atoms. The number of nitrogens with one attached hydrogen (secondary N) is 1. The number of aromatic nitrogens is 7. The van der Waals surface area contributed by atoms with Crippen molar-refractivity contribution < 1.29 is 9.21 Å². The molecule has 4 aromatic heterocycles. The van der Waals surface area contributed by atoms with Crippen molar-refractivity contribution in [3.63, 3.8) is 0 Å².